The van der Waals surface area contributed by atoms with Crippen molar-refractivity contribution >= 4 is 17.0 Å². The molecule has 1 aromatic heterocycles. The summed E-state index contributed by atoms with van der Waals surface area (Å²) in [7, 11) is 1.57. The van der Waals surface area contributed by atoms with E-state index >= 15 is 0 Å². The normalized spacial score (nSPS) is 19.6. The number of carbonyl (C=O) groups is 1. The molecule has 1 heterocycles. The van der Waals surface area contributed by atoms with Crippen LogP contribution in [0.3, 0.4) is 0 Å². The van der Waals surface area contributed by atoms with Crippen molar-refractivity contribution in [3.05, 3.63) is 53.3 Å². The molecule has 2 aromatic carbocycles. The number of aryl methyl sites for hydroxylation is 1. The van der Waals surface area contributed by atoms with Crippen LogP contribution in [0, 0.1) is 11.3 Å². The molecule has 0 unspecified atom stereocenters. The summed E-state index contributed by atoms with van der Waals surface area (Å²) < 4.78 is 49.6. The molecular weight excluding hydrogens is 485 g/mol. The average Bonchev–Trinajstić information content (AvgIpc) is 3.12. The zero-order valence-corrected chi connectivity index (χ0v) is 21.6. The average molecular weight is 519 g/mol. The molecule has 1 fully saturated rings. The molecule has 2 atom stereocenters. The van der Waals surface area contributed by atoms with Crippen molar-refractivity contribution in [2.75, 3.05) is 7.11 Å². The van der Waals surface area contributed by atoms with Gasteiger partial charge >= 0.3 is 12.3 Å². The summed E-state index contributed by atoms with van der Waals surface area (Å²) in [5, 5.41) is 9.16. The summed E-state index contributed by atoms with van der Waals surface area (Å²) >= 11 is 0. The van der Waals surface area contributed by atoms with Crippen molar-refractivity contribution in [2.24, 2.45) is 11.3 Å². The first-order chi connectivity index (χ1) is 17.3. The maximum absolute atomic E-state index is 12.6. The highest BCUT2D eigenvalue weighted by molar-refractivity contribution is 5.80. The Hall–Kier alpha value is -3.23. The van der Waals surface area contributed by atoms with Crippen LogP contribution in [0.25, 0.3) is 11.0 Å². The molecular formula is C28H33F3N2O4. The number of fused-ring (bicyclic) bond motifs is 1. The number of carboxylic acid groups (broad SMARTS) is 1. The highest BCUT2D eigenvalue weighted by Gasteiger charge is 2.35. The number of imidazole rings is 1. The molecule has 200 valence electrons. The molecule has 1 aliphatic rings. The number of alkyl halides is 3. The SMILES string of the molecule is COc1cc2c(cc1CCC(=O)O)nc(Cc1ccc(OC(F)(F)F)cc1)n2[C@@H]1C[C@H](C)CC(C)(C)C1. The number of nitrogens with zero attached hydrogens (tertiary/aromatic N) is 2. The minimum absolute atomic E-state index is 0.0178. The van der Waals surface area contributed by atoms with Gasteiger partial charge in [-0.1, -0.05) is 32.9 Å². The number of hydrogen-bond acceptors (Lipinski definition) is 4. The first-order valence-corrected chi connectivity index (χ1v) is 12.5. The second kappa shape index (κ2) is 10.3. The van der Waals surface area contributed by atoms with Gasteiger partial charge in [-0.05, 0) is 66.3 Å². The quantitative estimate of drug-likeness (QED) is 0.350. The molecule has 0 spiro atoms. The largest absolute Gasteiger partial charge is 0.573 e. The third-order valence-electron chi connectivity index (χ3n) is 7.02. The number of halogens is 3. The number of carboxylic acids is 1. The standard InChI is InChI=1S/C28H33F3N2O4/c1-17-11-20(16-27(2,3)15-17)33-23-14-24(36-4)19(7-10-26(34)35)13-22(23)32-25(33)12-18-5-8-21(9-6-18)37-28(29,30)31/h5-6,8-9,13-14,17,20H,7,10-12,15-16H2,1-4H3,(H,34,35)/t17-,20+/m0/s1. The van der Waals surface area contributed by atoms with Crippen molar-refractivity contribution in [3.63, 3.8) is 0 Å². The van der Waals surface area contributed by atoms with E-state index in [4.69, 9.17) is 14.8 Å². The van der Waals surface area contributed by atoms with Crippen LogP contribution >= 0.6 is 0 Å². The van der Waals surface area contributed by atoms with Gasteiger partial charge in [-0.2, -0.15) is 0 Å². The first-order valence-electron chi connectivity index (χ1n) is 12.5. The van der Waals surface area contributed by atoms with E-state index in [1.807, 2.05) is 12.1 Å². The van der Waals surface area contributed by atoms with E-state index in [1.54, 1.807) is 19.2 Å². The zero-order valence-electron chi connectivity index (χ0n) is 21.6. The number of aromatic nitrogens is 2. The van der Waals surface area contributed by atoms with Crippen molar-refractivity contribution in [2.45, 2.75) is 71.7 Å². The molecule has 6 nitrogen and oxygen atoms in total. The Morgan fingerprint density at radius 2 is 1.89 bits per heavy atom. The smallest absolute Gasteiger partial charge is 0.496 e. The van der Waals surface area contributed by atoms with Crippen molar-refractivity contribution < 1.29 is 32.5 Å². The fraction of sp³-hybridized carbons (Fsp3) is 0.500. The van der Waals surface area contributed by atoms with Gasteiger partial charge in [0.25, 0.3) is 0 Å². The highest BCUT2D eigenvalue weighted by Crippen LogP contribution is 2.45. The zero-order chi connectivity index (χ0) is 27.0. The molecule has 1 aliphatic carbocycles. The van der Waals surface area contributed by atoms with Crippen LogP contribution in [0.15, 0.2) is 36.4 Å². The predicted octanol–water partition coefficient (Wildman–Crippen LogP) is 6.94. The fourth-order valence-corrected chi connectivity index (χ4v) is 5.86. The van der Waals surface area contributed by atoms with Gasteiger partial charge in [0, 0.05) is 24.9 Å². The van der Waals surface area contributed by atoms with Crippen LogP contribution in [0.4, 0.5) is 13.2 Å². The molecule has 0 amide bonds. The van der Waals surface area contributed by atoms with Crippen molar-refractivity contribution in [1.82, 2.24) is 9.55 Å². The van der Waals surface area contributed by atoms with Crippen LogP contribution in [-0.4, -0.2) is 34.1 Å². The minimum Gasteiger partial charge on any atom is -0.496 e. The summed E-state index contributed by atoms with van der Waals surface area (Å²) in [5.74, 6) is 0.810. The van der Waals surface area contributed by atoms with Gasteiger partial charge in [0.2, 0.25) is 0 Å². The third-order valence-corrected chi connectivity index (χ3v) is 7.02. The minimum atomic E-state index is -4.74. The Kier molecular flexibility index (Phi) is 7.44. The first kappa shape index (κ1) is 26.8. The number of methoxy groups -OCH3 is 1. The van der Waals surface area contributed by atoms with Gasteiger partial charge in [-0.3, -0.25) is 4.79 Å². The molecule has 3 aromatic rings. The topological polar surface area (TPSA) is 73.6 Å². The predicted molar refractivity (Wildman–Crippen MR) is 134 cm³/mol. The lowest BCUT2D eigenvalue weighted by molar-refractivity contribution is -0.274. The van der Waals surface area contributed by atoms with E-state index in [2.05, 4.69) is 30.1 Å². The van der Waals surface area contributed by atoms with Crippen molar-refractivity contribution in [3.8, 4) is 11.5 Å². The lowest BCUT2D eigenvalue weighted by Crippen LogP contribution is -2.30. The summed E-state index contributed by atoms with van der Waals surface area (Å²) in [6.45, 7) is 6.81. The van der Waals surface area contributed by atoms with Crippen LogP contribution < -0.4 is 9.47 Å². The molecule has 0 bridgehead atoms. The third kappa shape index (κ3) is 6.56. The molecule has 0 radical (unpaired) electrons. The van der Waals surface area contributed by atoms with Gasteiger partial charge in [0.1, 0.15) is 17.3 Å². The van der Waals surface area contributed by atoms with E-state index in [-0.39, 0.29) is 23.6 Å². The van der Waals surface area contributed by atoms with Crippen LogP contribution in [-0.2, 0) is 17.6 Å². The maximum atomic E-state index is 12.6. The monoisotopic (exact) mass is 518 g/mol. The summed E-state index contributed by atoms with van der Waals surface area (Å²) in [6.07, 6.45) is -0.910. The Morgan fingerprint density at radius 1 is 1.19 bits per heavy atom. The molecule has 1 saturated carbocycles. The summed E-state index contributed by atoms with van der Waals surface area (Å²) in [4.78, 5) is 16.1. The molecule has 4 rings (SSSR count). The van der Waals surface area contributed by atoms with Crippen LogP contribution in [0.2, 0.25) is 0 Å². The van der Waals surface area contributed by atoms with Crippen molar-refractivity contribution in [1.29, 1.82) is 0 Å². The fourth-order valence-electron chi connectivity index (χ4n) is 5.86. The Bertz CT molecular complexity index is 1270. The van der Waals surface area contributed by atoms with Crippen LogP contribution in [0.1, 0.15) is 69.4 Å². The van der Waals surface area contributed by atoms with Gasteiger partial charge in [-0.15, -0.1) is 13.2 Å². The van der Waals surface area contributed by atoms with E-state index in [1.165, 1.54) is 12.1 Å². The molecule has 1 N–H and O–H groups in total. The van der Waals surface area contributed by atoms with Gasteiger partial charge in [0.05, 0.1) is 18.1 Å². The Morgan fingerprint density at radius 3 is 2.49 bits per heavy atom. The van der Waals surface area contributed by atoms with Gasteiger partial charge in [0.15, 0.2) is 0 Å². The van der Waals surface area contributed by atoms with E-state index in [9.17, 15) is 18.0 Å². The highest BCUT2D eigenvalue weighted by atomic mass is 19.4. The second-order valence-corrected chi connectivity index (χ2v) is 10.9. The molecule has 0 aliphatic heterocycles. The maximum Gasteiger partial charge on any atom is 0.573 e. The molecule has 9 heteroatoms. The number of rotatable bonds is 8. The lowest BCUT2D eigenvalue weighted by Gasteiger charge is -2.40. The Labute approximate surface area is 214 Å². The molecule has 37 heavy (non-hydrogen) atoms. The van der Waals surface area contributed by atoms with E-state index in [0.29, 0.717) is 24.5 Å². The number of hydrogen-bond donors (Lipinski definition) is 1. The van der Waals surface area contributed by atoms with E-state index in [0.717, 1.165) is 47.2 Å². The number of benzene rings is 2. The van der Waals surface area contributed by atoms with Crippen LogP contribution in [0.5, 0.6) is 11.5 Å². The van der Waals surface area contributed by atoms with E-state index < -0.39 is 12.3 Å². The van der Waals surface area contributed by atoms with Gasteiger partial charge in [-0.25, -0.2) is 4.98 Å². The molecule has 0 saturated heterocycles. The van der Waals surface area contributed by atoms with Gasteiger partial charge < -0.3 is 19.1 Å². The number of ether oxygens (including phenoxy) is 2. The summed E-state index contributed by atoms with van der Waals surface area (Å²) in [5.41, 5.74) is 3.41. The number of aliphatic carboxylic acids is 1. The Balaban J connectivity index is 1.77. The summed E-state index contributed by atoms with van der Waals surface area (Å²) in [6, 6.07) is 9.91. The second-order valence-electron chi connectivity index (χ2n) is 10.9. The lowest BCUT2D eigenvalue weighted by atomic mass is 9.70.